The zero-order valence-electron chi connectivity index (χ0n) is 12.9. The Kier molecular flexibility index (Phi) is 3.38. The molecule has 0 aromatic heterocycles. The third-order valence-corrected chi connectivity index (χ3v) is 5.24. The van der Waals surface area contributed by atoms with Gasteiger partial charge in [-0.05, 0) is 31.4 Å². The maximum Gasteiger partial charge on any atom is 0.261 e. The zero-order chi connectivity index (χ0) is 16.1. The maximum atomic E-state index is 12.2. The Labute approximate surface area is 129 Å². The number of hydrogen-bond acceptors (Lipinski definition) is 4. The summed E-state index contributed by atoms with van der Waals surface area (Å²) < 4.78 is 0. The molecule has 2 unspecified atom stereocenters. The van der Waals surface area contributed by atoms with Gasteiger partial charge in [0.05, 0.1) is 22.8 Å². The van der Waals surface area contributed by atoms with Crippen LogP contribution in [0.1, 0.15) is 53.8 Å². The van der Waals surface area contributed by atoms with E-state index in [1.165, 1.54) is 4.90 Å². The minimum absolute atomic E-state index is 0.244. The van der Waals surface area contributed by atoms with Crippen molar-refractivity contribution in [3.63, 3.8) is 0 Å². The van der Waals surface area contributed by atoms with E-state index < -0.39 is 17.1 Å². The molecule has 1 aliphatic heterocycles. The molecule has 1 aromatic carbocycles. The summed E-state index contributed by atoms with van der Waals surface area (Å²) in [5.41, 5.74) is -0.577. The topological polar surface area (TPSA) is 77.8 Å². The van der Waals surface area contributed by atoms with Crippen LogP contribution in [0.15, 0.2) is 24.3 Å². The second-order valence-corrected chi connectivity index (χ2v) is 6.81. The van der Waals surface area contributed by atoms with Crippen LogP contribution in [-0.4, -0.2) is 45.2 Å². The number of benzene rings is 1. The first kappa shape index (κ1) is 15.2. The van der Waals surface area contributed by atoms with Gasteiger partial charge in [-0.2, -0.15) is 0 Å². The summed E-state index contributed by atoms with van der Waals surface area (Å²) >= 11 is 0. The van der Waals surface area contributed by atoms with Crippen LogP contribution in [0.25, 0.3) is 0 Å². The third-order valence-electron chi connectivity index (χ3n) is 5.24. The summed E-state index contributed by atoms with van der Waals surface area (Å²) in [7, 11) is 0. The van der Waals surface area contributed by atoms with E-state index in [-0.39, 0.29) is 11.8 Å². The molecule has 5 heteroatoms. The molecule has 118 valence electrons. The van der Waals surface area contributed by atoms with Gasteiger partial charge in [0.25, 0.3) is 11.8 Å². The van der Waals surface area contributed by atoms with E-state index in [1.54, 1.807) is 24.3 Å². The van der Waals surface area contributed by atoms with Crippen molar-refractivity contribution in [2.24, 2.45) is 5.41 Å². The molecule has 1 saturated carbocycles. The highest BCUT2D eigenvalue weighted by Gasteiger charge is 2.69. The number of aliphatic hydroxyl groups excluding tert-OH is 1. The SMILES string of the molecule is CC1(C)C(O)C1(O)CCCCN1C(=O)c2ccccc2C1=O. The molecule has 1 heterocycles. The number of rotatable bonds is 5. The third kappa shape index (κ3) is 2.00. The second kappa shape index (κ2) is 4.89. The number of fused-ring (bicyclic) bond motifs is 1. The first-order valence-corrected chi connectivity index (χ1v) is 7.66. The molecule has 0 saturated heterocycles. The highest BCUT2D eigenvalue weighted by atomic mass is 16.4. The Balaban J connectivity index is 1.54. The lowest BCUT2D eigenvalue weighted by molar-refractivity contribution is 0.0607. The van der Waals surface area contributed by atoms with Crippen LogP contribution in [-0.2, 0) is 0 Å². The van der Waals surface area contributed by atoms with Gasteiger partial charge in [0.2, 0.25) is 0 Å². The highest BCUT2D eigenvalue weighted by Crippen LogP contribution is 2.58. The number of aliphatic hydroxyl groups is 2. The number of hydrogen-bond donors (Lipinski definition) is 2. The van der Waals surface area contributed by atoms with Crippen LogP contribution in [0.3, 0.4) is 0 Å². The van der Waals surface area contributed by atoms with E-state index in [9.17, 15) is 19.8 Å². The molecule has 2 amide bonds. The quantitative estimate of drug-likeness (QED) is 0.639. The molecule has 0 radical (unpaired) electrons. The van der Waals surface area contributed by atoms with Crippen molar-refractivity contribution in [3.05, 3.63) is 35.4 Å². The standard InChI is InChI=1S/C17H21NO4/c1-16(2)15(21)17(16,22)9-5-6-10-18-13(19)11-7-3-4-8-12(11)14(18)20/h3-4,7-8,15,21-22H,5-6,9-10H2,1-2H3. The van der Waals surface area contributed by atoms with Gasteiger partial charge in [0, 0.05) is 12.0 Å². The number of amides is 2. The predicted octanol–water partition coefficient (Wildman–Crippen LogP) is 1.58. The van der Waals surface area contributed by atoms with Crippen molar-refractivity contribution < 1.29 is 19.8 Å². The monoisotopic (exact) mass is 303 g/mol. The molecule has 3 rings (SSSR count). The first-order chi connectivity index (χ1) is 10.3. The van der Waals surface area contributed by atoms with Crippen molar-refractivity contribution >= 4 is 11.8 Å². The van der Waals surface area contributed by atoms with Crippen LogP contribution in [0.2, 0.25) is 0 Å². The molecule has 2 N–H and O–H groups in total. The number of carbonyl (C=O) groups excluding carboxylic acids is 2. The lowest BCUT2D eigenvalue weighted by Crippen LogP contribution is -2.31. The first-order valence-electron chi connectivity index (χ1n) is 7.66. The van der Waals surface area contributed by atoms with Gasteiger partial charge in [0.15, 0.2) is 0 Å². The van der Waals surface area contributed by atoms with Gasteiger partial charge < -0.3 is 10.2 Å². The van der Waals surface area contributed by atoms with Gasteiger partial charge in [-0.25, -0.2) is 0 Å². The molecule has 0 bridgehead atoms. The second-order valence-electron chi connectivity index (χ2n) is 6.81. The predicted molar refractivity (Wildman–Crippen MR) is 80.4 cm³/mol. The molecule has 1 aromatic rings. The Morgan fingerprint density at radius 3 is 2.05 bits per heavy atom. The fourth-order valence-corrected chi connectivity index (χ4v) is 3.37. The number of nitrogens with zero attached hydrogens (tertiary/aromatic N) is 1. The van der Waals surface area contributed by atoms with Gasteiger partial charge >= 0.3 is 0 Å². The lowest BCUT2D eigenvalue weighted by atomic mass is 10.0. The van der Waals surface area contributed by atoms with E-state index >= 15 is 0 Å². The summed E-state index contributed by atoms with van der Waals surface area (Å²) in [5.74, 6) is -0.489. The molecular formula is C17H21NO4. The van der Waals surface area contributed by atoms with Crippen LogP contribution in [0, 0.1) is 5.41 Å². The average Bonchev–Trinajstić information content (AvgIpc) is 2.76. The van der Waals surface area contributed by atoms with E-state index in [4.69, 9.17) is 0 Å². The van der Waals surface area contributed by atoms with Gasteiger partial charge in [-0.3, -0.25) is 14.5 Å². The van der Waals surface area contributed by atoms with E-state index in [0.29, 0.717) is 36.9 Å². The number of imide groups is 1. The van der Waals surface area contributed by atoms with Crippen molar-refractivity contribution in [1.29, 1.82) is 0 Å². The smallest absolute Gasteiger partial charge is 0.261 e. The van der Waals surface area contributed by atoms with Crippen molar-refractivity contribution in [2.75, 3.05) is 6.54 Å². The normalized spacial score (nSPS) is 28.9. The summed E-state index contributed by atoms with van der Waals surface area (Å²) in [6.45, 7) is 4.02. The summed E-state index contributed by atoms with van der Waals surface area (Å²) in [6, 6.07) is 6.84. The van der Waals surface area contributed by atoms with Crippen LogP contribution in [0.5, 0.6) is 0 Å². The fraction of sp³-hybridized carbons (Fsp3) is 0.529. The maximum absolute atomic E-state index is 12.2. The molecule has 0 spiro atoms. The summed E-state index contributed by atoms with van der Waals surface area (Å²) in [4.78, 5) is 25.6. The highest BCUT2D eigenvalue weighted by molar-refractivity contribution is 6.21. The van der Waals surface area contributed by atoms with Crippen molar-refractivity contribution in [2.45, 2.75) is 44.8 Å². The van der Waals surface area contributed by atoms with E-state index in [1.807, 2.05) is 13.8 Å². The fourth-order valence-electron chi connectivity index (χ4n) is 3.37. The van der Waals surface area contributed by atoms with Gasteiger partial charge in [0.1, 0.15) is 0 Å². The largest absolute Gasteiger partial charge is 0.389 e. The molecule has 2 aliphatic rings. The summed E-state index contributed by atoms with van der Waals surface area (Å²) in [6.07, 6.45) is 1.06. The minimum Gasteiger partial charge on any atom is -0.389 e. The van der Waals surface area contributed by atoms with Gasteiger partial charge in [-0.1, -0.05) is 26.0 Å². The van der Waals surface area contributed by atoms with Crippen LogP contribution in [0.4, 0.5) is 0 Å². The minimum atomic E-state index is -1.03. The number of unbranched alkanes of at least 4 members (excludes halogenated alkanes) is 1. The molecule has 5 nitrogen and oxygen atoms in total. The molecular weight excluding hydrogens is 282 g/mol. The average molecular weight is 303 g/mol. The van der Waals surface area contributed by atoms with E-state index in [2.05, 4.69) is 0 Å². The van der Waals surface area contributed by atoms with E-state index in [0.717, 1.165) is 0 Å². The molecule has 1 fully saturated rings. The van der Waals surface area contributed by atoms with Crippen molar-refractivity contribution in [1.82, 2.24) is 4.90 Å². The molecule has 2 atom stereocenters. The Morgan fingerprint density at radius 2 is 1.59 bits per heavy atom. The Bertz CT molecular complexity index is 604. The van der Waals surface area contributed by atoms with Crippen LogP contribution < -0.4 is 0 Å². The lowest BCUT2D eigenvalue weighted by Gasteiger charge is -2.15. The summed E-state index contributed by atoms with van der Waals surface area (Å²) in [5, 5.41) is 20.0. The Hall–Kier alpha value is -1.72. The Morgan fingerprint density at radius 1 is 1.09 bits per heavy atom. The molecule has 1 aliphatic carbocycles. The molecule has 22 heavy (non-hydrogen) atoms. The van der Waals surface area contributed by atoms with Crippen molar-refractivity contribution in [3.8, 4) is 0 Å². The van der Waals surface area contributed by atoms with Crippen LogP contribution >= 0.6 is 0 Å². The number of carbonyl (C=O) groups is 2. The van der Waals surface area contributed by atoms with Gasteiger partial charge in [-0.15, -0.1) is 0 Å². The zero-order valence-corrected chi connectivity index (χ0v) is 12.9.